The molecule has 0 aliphatic heterocycles. The molecule has 0 bridgehead atoms. The molecule has 0 aromatic rings. The Bertz CT molecular complexity index is 258. The molecule has 3 heteroatoms. The molecule has 2 unspecified atom stereocenters. The van der Waals surface area contributed by atoms with Gasteiger partial charge in [-0.2, -0.15) is 0 Å². The summed E-state index contributed by atoms with van der Waals surface area (Å²) in [5.41, 5.74) is 0.138. The Kier molecular flexibility index (Phi) is 2.98. The molecular weight excluding hydrogens is 178 g/mol. The highest BCUT2D eigenvalue weighted by molar-refractivity contribution is 5.90. The predicted molar refractivity (Wildman–Crippen MR) is 54.8 cm³/mol. The molecule has 1 aliphatic carbocycles. The van der Waals surface area contributed by atoms with Gasteiger partial charge in [-0.1, -0.05) is 20.8 Å². The summed E-state index contributed by atoms with van der Waals surface area (Å²) in [5, 5.41) is 2.76. The lowest BCUT2D eigenvalue weighted by atomic mass is 10.1. The van der Waals surface area contributed by atoms with Gasteiger partial charge in [0.25, 0.3) is 0 Å². The van der Waals surface area contributed by atoms with E-state index in [9.17, 15) is 9.59 Å². The molecule has 1 rings (SSSR count). The van der Waals surface area contributed by atoms with E-state index in [1.807, 2.05) is 6.92 Å². The van der Waals surface area contributed by atoms with Crippen LogP contribution in [-0.2, 0) is 9.59 Å². The zero-order chi connectivity index (χ0) is 10.9. The largest absolute Gasteiger partial charge is 0.346 e. The lowest BCUT2D eigenvalue weighted by molar-refractivity contribution is -0.128. The number of rotatable bonds is 4. The van der Waals surface area contributed by atoms with E-state index in [0.717, 1.165) is 6.42 Å². The van der Waals surface area contributed by atoms with Crippen molar-refractivity contribution in [3.05, 3.63) is 0 Å². The molecule has 0 saturated heterocycles. The Morgan fingerprint density at radius 2 is 2.00 bits per heavy atom. The summed E-state index contributed by atoms with van der Waals surface area (Å²) in [6.07, 6.45) is 1.42. The quantitative estimate of drug-likeness (QED) is 0.742. The number of hydrogen-bond acceptors (Lipinski definition) is 2. The molecule has 14 heavy (non-hydrogen) atoms. The maximum absolute atomic E-state index is 11.6. The van der Waals surface area contributed by atoms with Crippen molar-refractivity contribution in [2.75, 3.05) is 0 Å². The first-order valence-electron chi connectivity index (χ1n) is 5.21. The molecule has 0 aromatic carbocycles. The fraction of sp³-hybridized carbons (Fsp3) is 0.818. The third kappa shape index (κ3) is 2.34. The minimum Gasteiger partial charge on any atom is -0.346 e. The third-order valence-corrected chi connectivity index (χ3v) is 3.02. The van der Waals surface area contributed by atoms with Crippen molar-refractivity contribution < 1.29 is 9.59 Å². The summed E-state index contributed by atoms with van der Waals surface area (Å²) < 4.78 is 0. The van der Waals surface area contributed by atoms with Gasteiger partial charge in [0.2, 0.25) is 5.91 Å². The highest BCUT2D eigenvalue weighted by Crippen LogP contribution is 2.51. The monoisotopic (exact) mass is 197 g/mol. The zero-order valence-electron chi connectivity index (χ0n) is 9.39. The van der Waals surface area contributed by atoms with Crippen molar-refractivity contribution in [3.63, 3.8) is 0 Å². The maximum atomic E-state index is 11.6. The Hall–Kier alpha value is -0.860. The number of carbonyl (C=O) groups is 2. The van der Waals surface area contributed by atoms with Gasteiger partial charge >= 0.3 is 0 Å². The standard InChI is InChI=1S/C11H19NO2/c1-5-9(13)7(2)12-10(14)8-6-11(8,3)4/h7-8H,5-6H2,1-4H3,(H,12,14). The van der Waals surface area contributed by atoms with Crippen LogP contribution < -0.4 is 5.32 Å². The van der Waals surface area contributed by atoms with Crippen LogP contribution >= 0.6 is 0 Å². The molecule has 1 amide bonds. The van der Waals surface area contributed by atoms with Crippen molar-refractivity contribution in [3.8, 4) is 0 Å². The van der Waals surface area contributed by atoms with Crippen molar-refractivity contribution in [1.29, 1.82) is 0 Å². The van der Waals surface area contributed by atoms with Gasteiger partial charge in [-0.05, 0) is 18.8 Å². The fourth-order valence-corrected chi connectivity index (χ4v) is 1.62. The van der Waals surface area contributed by atoms with Gasteiger partial charge in [0, 0.05) is 12.3 Å². The predicted octanol–water partition coefficient (Wildman–Crippen LogP) is 1.52. The first kappa shape index (κ1) is 11.2. The average Bonchev–Trinajstić information content (AvgIpc) is 2.73. The van der Waals surface area contributed by atoms with E-state index in [2.05, 4.69) is 19.2 Å². The molecule has 1 fully saturated rings. The van der Waals surface area contributed by atoms with Crippen molar-refractivity contribution >= 4 is 11.7 Å². The summed E-state index contributed by atoms with van der Waals surface area (Å²) in [5.74, 6) is 0.232. The fourth-order valence-electron chi connectivity index (χ4n) is 1.62. The summed E-state index contributed by atoms with van der Waals surface area (Å²) in [4.78, 5) is 22.8. The second-order valence-corrected chi connectivity index (χ2v) is 4.80. The Morgan fingerprint density at radius 1 is 1.50 bits per heavy atom. The normalized spacial score (nSPS) is 25.3. The van der Waals surface area contributed by atoms with E-state index in [1.165, 1.54) is 0 Å². The number of amides is 1. The summed E-state index contributed by atoms with van der Waals surface area (Å²) in [6.45, 7) is 7.71. The summed E-state index contributed by atoms with van der Waals surface area (Å²) in [7, 11) is 0. The lowest BCUT2D eigenvalue weighted by Gasteiger charge is -2.12. The minimum atomic E-state index is -0.330. The minimum absolute atomic E-state index is 0.0318. The van der Waals surface area contributed by atoms with E-state index < -0.39 is 0 Å². The molecule has 1 saturated carbocycles. The van der Waals surface area contributed by atoms with Crippen molar-refractivity contribution in [2.24, 2.45) is 11.3 Å². The highest BCUT2D eigenvalue weighted by Gasteiger charge is 2.50. The number of hydrogen-bond donors (Lipinski definition) is 1. The van der Waals surface area contributed by atoms with Crippen molar-refractivity contribution in [1.82, 2.24) is 5.32 Å². The zero-order valence-corrected chi connectivity index (χ0v) is 9.39. The molecular formula is C11H19NO2. The van der Waals surface area contributed by atoms with Gasteiger partial charge in [0.1, 0.15) is 0 Å². The SMILES string of the molecule is CCC(=O)C(C)NC(=O)C1CC1(C)C. The van der Waals surface area contributed by atoms with Crippen LogP contribution in [0.5, 0.6) is 0 Å². The maximum Gasteiger partial charge on any atom is 0.224 e. The first-order valence-corrected chi connectivity index (χ1v) is 5.21. The Labute approximate surface area is 85.3 Å². The molecule has 0 aromatic heterocycles. The molecule has 3 nitrogen and oxygen atoms in total. The Balaban J connectivity index is 2.39. The second kappa shape index (κ2) is 3.71. The average molecular weight is 197 g/mol. The topological polar surface area (TPSA) is 46.2 Å². The van der Waals surface area contributed by atoms with Crippen LogP contribution in [0.1, 0.15) is 40.5 Å². The van der Waals surface area contributed by atoms with E-state index in [4.69, 9.17) is 0 Å². The van der Waals surface area contributed by atoms with E-state index in [-0.39, 0.29) is 29.1 Å². The van der Waals surface area contributed by atoms with Crippen LogP contribution in [0.3, 0.4) is 0 Å². The smallest absolute Gasteiger partial charge is 0.224 e. The van der Waals surface area contributed by atoms with Crippen LogP contribution in [0.25, 0.3) is 0 Å². The summed E-state index contributed by atoms with van der Waals surface area (Å²) >= 11 is 0. The number of ketones is 1. The number of Topliss-reactive ketones (excluding diaryl/α,β-unsaturated/α-hetero) is 1. The van der Waals surface area contributed by atoms with Crippen LogP contribution in [0, 0.1) is 11.3 Å². The molecule has 0 spiro atoms. The number of nitrogens with one attached hydrogen (secondary N) is 1. The van der Waals surface area contributed by atoms with Gasteiger partial charge in [0.15, 0.2) is 5.78 Å². The van der Waals surface area contributed by atoms with Crippen LogP contribution in [0.4, 0.5) is 0 Å². The molecule has 80 valence electrons. The van der Waals surface area contributed by atoms with Gasteiger partial charge in [-0.3, -0.25) is 9.59 Å². The van der Waals surface area contributed by atoms with E-state index >= 15 is 0 Å². The van der Waals surface area contributed by atoms with Crippen LogP contribution in [-0.4, -0.2) is 17.7 Å². The first-order chi connectivity index (χ1) is 6.38. The molecule has 0 radical (unpaired) electrons. The number of carbonyl (C=O) groups excluding carboxylic acids is 2. The van der Waals surface area contributed by atoms with Crippen molar-refractivity contribution in [2.45, 2.75) is 46.6 Å². The van der Waals surface area contributed by atoms with E-state index in [1.54, 1.807) is 6.92 Å². The second-order valence-electron chi connectivity index (χ2n) is 4.80. The molecule has 1 aliphatic rings. The third-order valence-electron chi connectivity index (χ3n) is 3.02. The highest BCUT2D eigenvalue weighted by atomic mass is 16.2. The lowest BCUT2D eigenvalue weighted by Crippen LogP contribution is -2.39. The van der Waals surface area contributed by atoms with Crippen LogP contribution in [0.15, 0.2) is 0 Å². The van der Waals surface area contributed by atoms with Gasteiger partial charge in [-0.15, -0.1) is 0 Å². The van der Waals surface area contributed by atoms with Gasteiger partial charge in [0.05, 0.1) is 6.04 Å². The molecule has 1 N–H and O–H groups in total. The molecule has 0 heterocycles. The Morgan fingerprint density at radius 3 is 2.36 bits per heavy atom. The van der Waals surface area contributed by atoms with E-state index in [0.29, 0.717) is 6.42 Å². The summed E-state index contributed by atoms with van der Waals surface area (Å²) in [6, 6.07) is -0.330. The van der Waals surface area contributed by atoms with Gasteiger partial charge in [-0.25, -0.2) is 0 Å². The van der Waals surface area contributed by atoms with Gasteiger partial charge < -0.3 is 5.32 Å². The van der Waals surface area contributed by atoms with Crippen LogP contribution in [0.2, 0.25) is 0 Å². The molecule has 2 atom stereocenters.